The lowest BCUT2D eigenvalue weighted by atomic mass is 10.0. The third-order valence-corrected chi connectivity index (χ3v) is 3.38. The molecule has 1 aromatic heterocycles. The maximum atomic E-state index is 6.02. The maximum Gasteiger partial charge on any atom is 0.217 e. The highest BCUT2D eigenvalue weighted by atomic mass is 16.5. The monoisotopic (exact) mass is 299 g/mol. The third kappa shape index (κ3) is 5.06. The Kier molecular flexibility index (Phi) is 5.42. The molecule has 0 bridgehead atoms. The first-order chi connectivity index (χ1) is 10.5. The molecule has 2 aromatic rings. The van der Waals surface area contributed by atoms with Crippen LogP contribution in [0.3, 0.4) is 0 Å². The van der Waals surface area contributed by atoms with E-state index in [1.807, 2.05) is 37.3 Å². The van der Waals surface area contributed by atoms with Gasteiger partial charge in [-0.3, -0.25) is 0 Å². The molecule has 0 saturated heterocycles. The van der Waals surface area contributed by atoms with Gasteiger partial charge in [0.05, 0.1) is 0 Å². The van der Waals surface area contributed by atoms with Crippen LogP contribution in [0.25, 0.3) is 0 Å². The SMILES string of the molecule is CCCC(C)(C)Oc1cc(OCc2ccccc2)cc(C)n1. The number of hydrogen-bond donors (Lipinski definition) is 0. The molecule has 0 radical (unpaired) electrons. The molecule has 0 spiro atoms. The van der Waals surface area contributed by atoms with E-state index in [0.717, 1.165) is 29.8 Å². The summed E-state index contributed by atoms with van der Waals surface area (Å²) in [6.07, 6.45) is 2.07. The number of rotatable bonds is 7. The van der Waals surface area contributed by atoms with Crippen molar-refractivity contribution in [2.24, 2.45) is 0 Å². The first-order valence-corrected chi connectivity index (χ1v) is 7.83. The number of benzene rings is 1. The molecule has 0 atom stereocenters. The van der Waals surface area contributed by atoms with Gasteiger partial charge in [-0.25, -0.2) is 4.98 Å². The van der Waals surface area contributed by atoms with Gasteiger partial charge in [0.2, 0.25) is 5.88 Å². The van der Waals surface area contributed by atoms with Crippen molar-refractivity contribution < 1.29 is 9.47 Å². The van der Waals surface area contributed by atoms with Crippen LogP contribution in [0, 0.1) is 6.92 Å². The second kappa shape index (κ2) is 7.30. The summed E-state index contributed by atoms with van der Waals surface area (Å²) in [6.45, 7) is 8.83. The second-order valence-electron chi connectivity index (χ2n) is 6.17. The zero-order valence-electron chi connectivity index (χ0n) is 13.9. The number of aryl methyl sites for hydroxylation is 1. The highest BCUT2D eigenvalue weighted by Gasteiger charge is 2.19. The summed E-state index contributed by atoms with van der Waals surface area (Å²) >= 11 is 0. The number of ether oxygens (including phenoxy) is 2. The highest BCUT2D eigenvalue weighted by Crippen LogP contribution is 2.25. The van der Waals surface area contributed by atoms with Crippen LogP contribution in [0.5, 0.6) is 11.6 Å². The van der Waals surface area contributed by atoms with E-state index < -0.39 is 0 Å². The first kappa shape index (κ1) is 16.3. The second-order valence-corrected chi connectivity index (χ2v) is 6.17. The van der Waals surface area contributed by atoms with Crippen molar-refractivity contribution in [3.63, 3.8) is 0 Å². The number of pyridine rings is 1. The van der Waals surface area contributed by atoms with E-state index in [9.17, 15) is 0 Å². The summed E-state index contributed by atoms with van der Waals surface area (Å²) in [7, 11) is 0. The molecular formula is C19H25NO2. The predicted molar refractivity (Wildman–Crippen MR) is 89.4 cm³/mol. The lowest BCUT2D eigenvalue weighted by Crippen LogP contribution is -2.28. The molecule has 0 aliphatic carbocycles. The lowest BCUT2D eigenvalue weighted by molar-refractivity contribution is 0.0920. The van der Waals surface area contributed by atoms with E-state index in [-0.39, 0.29) is 5.60 Å². The Morgan fingerprint density at radius 2 is 1.82 bits per heavy atom. The van der Waals surface area contributed by atoms with E-state index in [2.05, 4.69) is 37.9 Å². The van der Waals surface area contributed by atoms with Gasteiger partial charge in [-0.2, -0.15) is 0 Å². The van der Waals surface area contributed by atoms with E-state index >= 15 is 0 Å². The molecule has 0 unspecified atom stereocenters. The van der Waals surface area contributed by atoms with Gasteiger partial charge < -0.3 is 9.47 Å². The van der Waals surface area contributed by atoms with Crippen LogP contribution < -0.4 is 9.47 Å². The molecule has 0 amide bonds. The van der Waals surface area contributed by atoms with Gasteiger partial charge in [0, 0.05) is 17.8 Å². The normalized spacial score (nSPS) is 11.3. The number of hydrogen-bond acceptors (Lipinski definition) is 3. The molecule has 0 aliphatic heterocycles. The molecule has 118 valence electrons. The highest BCUT2D eigenvalue weighted by molar-refractivity contribution is 5.30. The molecule has 1 heterocycles. The van der Waals surface area contributed by atoms with Crippen molar-refractivity contribution in [3.8, 4) is 11.6 Å². The summed E-state index contributed by atoms with van der Waals surface area (Å²) in [5.74, 6) is 1.42. The molecule has 3 nitrogen and oxygen atoms in total. The zero-order valence-corrected chi connectivity index (χ0v) is 13.9. The standard InChI is InChI=1S/C19H25NO2/c1-5-11-19(3,4)22-18-13-17(12-15(2)20-18)21-14-16-9-7-6-8-10-16/h6-10,12-13H,5,11,14H2,1-4H3. The summed E-state index contributed by atoms with van der Waals surface area (Å²) in [5, 5.41) is 0. The Morgan fingerprint density at radius 1 is 1.09 bits per heavy atom. The largest absolute Gasteiger partial charge is 0.489 e. The lowest BCUT2D eigenvalue weighted by Gasteiger charge is -2.25. The molecule has 22 heavy (non-hydrogen) atoms. The summed E-state index contributed by atoms with van der Waals surface area (Å²) < 4.78 is 11.9. The molecule has 1 aromatic carbocycles. The summed E-state index contributed by atoms with van der Waals surface area (Å²) in [4.78, 5) is 4.45. The van der Waals surface area contributed by atoms with Gasteiger partial charge in [-0.05, 0) is 32.8 Å². The van der Waals surface area contributed by atoms with Crippen LogP contribution in [-0.2, 0) is 6.61 Å². The molecule has 0 fully saturated rings. The Balaban J connectivity index is 2.06. The van der Waals surface area contributed by atoms with Crippen LogP contribution in [0.15, 0.2) is 42.5 Å². The Hall–Kier alpha value is -2.03. The van der Waals surface area contributed by atoms with Crippen molar-refractivity contribution >= 4 is 0 Å². The molecule has 3 heteroatoms. The predicted octanol–water partition coefficient (Wildman–Crippen LogP) is 4.93. The first-order valence-electron chi connectivity index (χ1n) is 7.83. The van der Waals surface area contributed by atoms with Crippen molar-refractivity contribution in [1.82, 2.24) is 4.98 Å². The van der Waals surface area contributed by atoms with Crippen LogP contribution >= 0.6 is 0 Å². The third-order valence-electron chi connectivity index (χ3n) is 3.38. The van der Waals surface area contributed by atoms with Gasteiger partial charge in [-0.15, -0.1) is 0 Å². The van der Waals surface area contributed by atoms with E-state index in [1.54, 1.807) is 0 Å². The maximum absolute atomic E-state index is 6.02. The van der Waals surface area contributed by atoms with Crippen molar-refractivity contribution in [2.75, 3.05) is 0 Å². The van der Waals surface area contributed by atoms with Gasteiger partial charge in [0.1, 0.15) is 18.0 Å². The average molecular weight is 299 g/mol. The molecule has 0 aliphatic rings. The molecule has 0 N–H and O–H groups in total. The van der Waals surface area contributed by atoms with Crippen LogP contribution in [0.1, 0.15) is 44.9 Å². The van der Waals surface area contributed by atoms with Crippen molar-refractivity contribution in [2.45, 2.75) is 52.7 Å². The van der Waals surface area contributed by atoms with Crippen LogP contribution in [-0.4, -0.2) is 10.6 Å². The van der Waals surface area contributed by atoms with Crippen LogP contribution in [0.4, 0.5) is 0 Å². The number of nitrogens with zero attached hydrogens (tertiary/aromatic N) is 1. The zero-order chi connectivity index (χ0) is 16.0. The van der Waals surface area contributed by atoms with E-state index in [0.29, 0.717) is 12.5 Å². The Bertz CT molecular complexity index is 594. The van der Waals surface area contributed by atoms with Crippen LogP contribution in [0.2, 0.25) is 0 Å². The van der Waals surface area contributed by atoms with Gasteiger partial charge in [-0.1, -0.05) is 43.7 Å². The average Bonchev–Trinajstić information content (AvgIpc) is 2.45. The topological polar surface area (TPSA) is 31.4 Å². The Labute approximate surface area is 133 Å². The van der Waals surface area contributed by atoms with E-state index in [4.69, 9.17) is 9.47 Å². The quantitative estimate of drug-likeness (QED) is 0.726. The number of aromatic nitrogens is 1. The minimum Gasteiger partial charge on any atom is -0.489 e. The molecule has 0 saturated carbocycles. The fourth-order valence-electron chi connectivity index (χ4n) is 2.42. The smallest absolute Gasteiger partial charge is 0.217 e. The minimum atomic E-state index is -0.216. The van der Waals surface area contributed by atoms with Crippen molar-refractivity contribution in [3.05, 3.63) is 53.7 Å². The van der Waals surface area contributed by atoms with Gasteiger partial charge in [0.25, 0.3) is 0 Å². The van der Waals surface area contributed by atoms with Gasteiger partial charge in [0.15, 0.2) is 0 Å². The Morgan fingerprint density at radius 3 is 2.50 bits per heavy atom. The summed E-state index contributed by atoms with van der Waals surface area (Å²) in [5.41, 5.74) is 1.82. The minimum absolute atomic E-state index is 0.216. The molecule has 2 rings (SSSR count). The fraction of sp³-hybridized carbons (Fsp3) is 0.421. The summed E-state index contributed by atoms with van der Waals surface area (Å²) in [6, 6.07) is 13.9. The fourth-order valence-corrected chi connectivity index (χ4v) is 2.42. The van der Waals surface area contributed by atoms with Gasteiger partial charge >= 0.3 is 0 Å². The molecular weight excluding hydrogens is 274 g/mol. The van der Waals surface area contributed by atoms with E-state index in [1.165, 1.54) is 0 Å². The van der Waals surface area contributed by atoms with Crippen molar-refractivity contribution in [1.29, 1.82) is 0 Å².